The van der Waals surface area contributed by atoms with Gasteiger partial charge in [-0.05, 0) is 37.6 Å². The van der Waals surface area contributed by atoms with Crippen LogP contribution in [0.25, 0.3) is 0 Å². The maximum atomic E-state index is 5.21. The van der Waals surface area contributed by atoms with Crippen molar-refractivity contribution in [1.82, 2.24) is 5.32 Å². The van der Waals surface area contributed by atoms with Gasteiger partial charge in [0.25, 0.3) is 0 Å². The zero-order valence-electron chi connectivity index (χ0n) is 11.3. The van der Waals surface area contributed by atoms with Crippen LogP contribution in [0.3, 0.4) is 0 Å². The van der Waals surface area contributed by atoms with E-state index in [0.29, 0.717) is 6.04 Å². The predicted molar refractivity (Wildman–Crippen MR) is 69.7 cm³/mol. The Morgan fingerprint density at radius 1 is 1.25 bits per heavy atom. The van der Waals surface area contributed by atoms with Crippen LogP contribution >= 0.6 is 0 Å². The zero-order valence-corrected chi connectivity index (χ0v) is 11.3. The largest absolute Gasteiger partial charge is 0.383 e. The molecule has 1 aliphatic carbocycles. The quantitative estimate of drug-likeness (QED) is 0.721. The van der Waals surface area contributed by atoms with Crippen LogP contribution in [-0.2, 0) is 4.74 Å². The van der Waals surface area contributed by atoms with Gasteiger partial charge in [0.05, 0.1) is 6.61 Å². The molecule has 3 atom stereocenters. The molecule has 2 nitrogen and oxygen atoms in total. The summed E-state index contributed by atoms with van der Waals surface area (Å²) >= 11 is 0. The van der Waals surface area contributed by atoms with Gasteiger partial charge in [0.1, 0.15) is 0 Å². The molecular formula is C14H29NO. The average molecular weight is 227 g/mol. The summed E-state index contributed by atoms with van der Waals surface area (Å²) < 4.78 is 5.21. The predicted octanol–water partition coefficient (Wildman–Crippen LogP) is 3.22. The monoisotopic (exact) mass is 227 g/mol. The Labute approximate surface area is 101 Å². The molecule has 1 N–H and O–H groups in total. The van der Waals surface area contributed by atoms with Gasteiger partial charge in [-0.3, -0.25) is 0 Å². The van der Waals surface area contributed by atoms with E-state index in [1.807, 2.05) is 0 Å². The molecule has 0 bridgehead atoms. The highest BCUT2D eigenvalue weighted by atomic mass is 16.5. The fraction of sp³-hybridized carbons (Fsp3) is 1.00. The van der Waals surface area contributed by atoms with Crippen LogP contribution in [0.2, 0.25) is 0 Å². The molecule has 0 radical (unpaired) electrons. The number of rotatable bonds is 7. The number of ether oxygens (including phenoxy) is 1. The second-order valence-corrected chi connectivity index (χ2v) is 5.28. The summed E-state index contributed by atoms with van der Waals surface area (Å²) in [6.45, 7) is 6.60. The molecule has 0 amide bonds. The summed E-state index contributed by atoms with van der Waals surface area (Å²) in [5, 5.41) is 3.66. The van der Waals surface area contributed by atoms with Crippen LogP contribution in [0.15, 0.2) is 0 Å². The van der Waals surface area contributed by atoms with Gasteiger partial charge in [0, 0.05) is 13.2 Å². The van der Waals surface area contributed by atoms with E-state index in [0.717, 1.165) is 24.9 Å². The van der Waals surface area contributed by atoms with Crippen molar-refractivity contribution in [3.63, 3.8) is 0 Å². The van der Waals surface area contributed by atoms with Crippen LogP contribution < -0.4 is 5.32 Å². The first kappa shape index (κ1) is 14.0. The number of nitrogens with one attached hydrogen (secondary N) is 1. The van der Waals surface area contributed by atoms with Crippen LogP contribution in [-0.4, -0.2) is 26.3 Å². The van der Waals surface area contributed by atoms with Gasteiger partial charge in [-0.25, -0.2) is 0 Å². The van der Waals surface area contributed by atoms with Gasteiger partial charge in [0.15, 0.2) is 0 Å². The number of hydrogen-bond acceptors (Lipinski definition) is 2. The van der Waals surface area contributed by atoms with Gasteiger partial charge in [-0.2, -0.15) is 0 Å². The topological polar surface area (TPSA) is 21.3 Å². The zero-order chi connectivity index (χ0) is 11.8. The molecule has 1 aliphatic rings. The Balaban J connectivity index is 2.20. The summed E-state index contributed by atoms with van der Waals surface area (Å²) in [5.74, 6) is 1.90. The molecule has 1 rings (SSSR count). The third-order valence-electron chi connectivity index (χ3n) is 4.02. The van der Waals surface area contributed by atoms with Crippen LogP contribution in [0.4, 0.5) is 0 Å². The molecule has 3 unspecified atom stereocenters. The van der Waals surface area contributed by atoms with E-state index < -0.39 is 0 Å². The van der Waals surface area contributed by atoms with Crippen molar-refractivity contribution in [3.05, 3.63) is 0 Å². The maximum Gasteiger partial charge on any atom is 0.0615 e. The highest BCUT2D eigenvalue weighted by Crippen LogP contribution is 2.30. The van der Waals surface area contributed by atoms with Crippen molar-refractivity contribution in [1.29, 1.82) is 0 Å². The molecular weight excluding hydrogens is 198 g/mol. The van der Waals surface area contributed by atoms with Gasteiger partial charge in [-0.1, -0.05) is 33.1 Å². The van der Waals surface area contributed by atoms with E-state index in [-0.39, 0.29) is 0 Å². The van der Waals surface area contributed by atoms with E-state index >= 15 is 0 Å². The summed E-state index contributed by atoms with van der Waals surface area (Å²) in [6.07, 6.45) is 8.29. The first-order valence-corrected chi connectivity index (χ1v) is 7.02. The molecule has 0 heterocycles. The summed E-state index contributed by atoms with van der Waals surface area (Å²) in [7, 11) is 1.79. The Bertz CT molecular complexity index is 172. The molecule has 1 saturated carbocycles. The van der Waals surface area contributed by atoms with Crippen molar-refractivity contribution in [2.45, 2.75) is 58.4 Å². The second-order valence-electron chi connectivity index (χ2n) is 5.28. The third-order valence-corrected chi connectivity index (χ3v) is 4.02. The van der Waals surface area contributed by atoms with E-state index in [1.54, 1.807) is 7.11 Å². The Morgan fingerprint density at radius 3 is 2.62 bits per heavy atom. The van der Waals surface area contributed by atoms with Crippen LogP contribution in [0, 0.1) is 11.8 Å². The molecule has 0 aliphatic heterocycles. The average Bonchev–Trinajstić information content (AvgIpc) is 2.34. The SMILES string of the molecule is CCC1CCCC(CNC(CC)COC)C1. The van der Waals surface area contributed by atoms with E-state index in [4.69, 9.17) is 4.74 Å². The molecule has 16 heavy (non-hydrogen) atoms. The highest BCUT2D eigenvalue weighted by Gasteiger charge is 2.21. The Morgan fingerprint density at radius 2 is 2.00 bits per heavy atom. The van der Waals surface area contributed by atoms with E-state index in [9.17, 15) is 0 Å². The van der Waals surface area contributed by atoms with Crippen molar-refractivity contribution < 1.29 is 4.74 Å². The lowest BCUT2D eigenvalue weighted by Crippen LogP contribution is -2.37. The molecule has 0 aromatic rings. The van der Waals surface area contributed by atoms with Crippen molar-refractivity contribution >= 4 is 0 Å². The van der Waals surface area contributed by atoms with E-state index in [2.05, 4.69) is 19.2 Å². The van der Waals surface area contributed by atoms with Gasteiger partial charge in [0.2, 0.25) is 0 Å². The fourth-order valence-electron chi connectivity index (χ4n) is 2.81. The lowest BCUT2D eigenvalue weighted by Gasteiger charge is -2.30. The summed E-state index contributed by atoms with van der Waals surface area (Å²) in [5.41, 5.74) is 0. The molecule has 2 heteroatoms. The molecule has 1 fully saturated rings. The molecule has 0 aromatic carbocycles. The van der Waals surface area contributed by atoms with Crippen molar-refractivity contribution in [2.24, 2.45) is 11.8 Å². The van der Waals surface area contributed by atoms with Gasteiger partial charge < -0.3 is 10.1 Å². The lowest BCUT2D eigenvalue weighted by atomic mass is 9.80. The molecule has 96 valence electrons. The molecule has 0 spiro atoms. The smallest absolute Gasteiger partial charge is 0.0615 e. The van der Waals surface area contributed by atoms with E-state index in [1.165, 1.54) is 38.6 Å². The molecule has 0 saturated heterocycles. The van der Waals surface area contributed by atoms with Gasteiger partial charge >= 0.3 is 0 Å². The number of hydrogen-bond donors (Lipinski definition) is 1. The Hall–Kier alpha value is -0.0800. The fourth-order valence-corrected chi connectivity index (χ4v) is 2.81. The highest BCUT2D eigenvalue weighted by molar-refractivity contribution is 4.75. The summed E-state index contributed by atoms with van der Waals surface area (Å²) in [6, 6.07) is 0.548. The first-order chi connectivity index (χ1) is 7.80. The Kier molecular flexibility index (Phi) is 7.06. The van der Waals surface area contributed by atoms with Gasteiger partial charge in [-0.15, -0.1) is 0 Å². The standard InChI is InChI=1S/C14H29NO/c1-4-12-7-6-8-13(9-12)10-15-14(5-2)11-16-3/h12-15H,4-11H2,1-3H3. The normalized spacial score (nSPS) is 27.9. The summed E-state index contributed by atoms with van der Waals surface area (Å²) in [4.78, 5) is 0. The van der Waals surface area contributed by atoms with Crippen molar-refractivity contribution in [2.75, 3.05) is 20.3 Å². The minimum Gasteiger partial charge on any atom is -0.383 e. The lowest BCUT2D eigenvalue weighted by molar-refractivity contribution is 0.157. The maximum absolute atomic E-state index is 5.21. The first-order valence-electron chi connectivity index (χ1n) is 7.02. The van der Waals surface area contributed by atoms with Crippen LogP contribution in [0.5, 0.6) is 0 Å². The van der Waals surface area contributed by atoms with Crippen molar-refractivity contribution in [3.8, 4) is 0 Å². The number of methoxy groups -OCH3 is 1. The van der Waals surface area contributed by atoms with Crippen LogP contribution in [0.1, 0.15) is 52.4 Å². The minimum atomic E-state index is 0.548. The second kappa shape index (κ2) is 8.08. The molecule has 0 aromatic heterocycles. The minimum absolute atomic E-state index is 0.548. The third kappa shape index (κ3) is 4.84.